The van der Waals surface area contributed by atoms with Crippen LogP contribution in [0.5, 0.6) is 0 Å². The number of benzene rings is 1. The van der Waals surface area contributed by atoms with E-state index < -0.39 is 0 Å². The Hall–Kier alpha value is -2.14. The second-order valence-corrected chi connectivity index (χ2v) is 5.42. The highest BCUT2D eigenvalue weighted by Crippen LogP contribution is 2.21. The predicted octanol–water partition coefficient (Wildman–Crippen LogP) is 3.32. The number of anilines is 2. The van der Waals surface area contributed by atoms with Gasteiger partial charge in [0.25, 0.3) is 5.91 Å². The molecule has 0 bridgehead atoms. The summed E-state index contributed by atoms with van der Waals surface area (Å²) >= 11 is 6.06. The van der Waals surface area contributed by atoms with Crippen LogP contribution in [0, 0.1) is 6.92 Å². The molecule has 0 spiro atoms. The molecule has 0 radical (unpaired) electrons. The largest absolute Gasteiger partial charge is 0.350 e. The fourth-order valence-electron chi connectivity index (χ4n) is 1.66. The molecule has 1 aromatic carbocycles. The number of aromatic nitrogens is 2. The normalized spacial score (nSPS) is 10.5. The highest BCUT2D eigenvalue weighted by atomic mass is 35.5. The predicted molar refractivity (Wildman–Crippen MR) is 84.1 cm³/mol. The molecule has 0 aliphatic carbocycles. The van der Waals surface area contributed by atoms with Crippen LogP contribution in [-0.2, 0) is 0 Å². The number of aryl methyl sites for hydroxylation is 1. The van der Waals surface area contributed by atoms with E-state index in [0.29, 0.717) is 16.5 Å². The summed E-state index contributed by atoms with van der Waals surface area (Å²) in [6.45, 7) is 5.73. The summed E-state index contributed by atoms with van der Waals surface area (Å²) in [6, 6.07) is 5.68. The summed E-state index contributed by atoms with van der Waals surface area (Å²) in [5.74, 6) is 0.228. The molecule has 2 rings (SSSR count). The van der Waals surface area contributed by atoms with E-state index in [1.54, 1.807) is 6.07 Å². The van der Waals surface area contributed by atoms with Crippen LogP contribution in [0.2, 0.25) is 5.02 Å². The van der Waals surface area contributed by atoms with E-state index in [9.17, 15) is 4.79 Å². The van der Waals surface area contributed by atoms with Crippen molar-refractivity contribution in [2.24, 2.45) is 0 Å². The molecule has 2 N–H and O–H groups in total. The Morgan fingerprint density at radius 2 is 1.90 bits per heavy atom. The van der Waals surface area contributed by atoms with Crippen LogP contribution in [0.3, 0.4) is 0 Å². The molecular formula is C15H17ClN4O. The minimum absolute atomic E-state index is 0.0741. The molecule has 0 aliphatic rings. The van der Waals surface area contributed by atoms with Gasteiger partial charge in [0.15, 0.2) is 0 Å². The molecule has 1 amide bonds. The topological polar surface area (TPSA) is 66.9 Å². The molecule has 21 heavy (non-hydrogen) atoms. The molecule has 5 nitrogen and oxygen atoms in total. The number of hydrogen-bond acceptors (Lipinski definition) is 4. The van der Waals surface area contributed by atoms with Gasteiger partial charge in [-0.25, -0.2) is 9.97 Å². The van der Waals surface area contributed by atoms with Crippen molar-refractivity contribution in [3.05, 3.63) is 46.7 Å². The molecule has 0 saturated heterocycles. The highest BCUT2D eigenvalue weighted by molar-refractivity contribution is 6.31. The zero-order valence-electron chi connectivity index (χ0n) is 12.1. The van der Waals surface area contributed by atoms with Gasteiger partial charge in [0.05, 0.1) is 5.56 Å². The second kappa shape index (κ2) is 6.54. The van der Waals surface area contributed by atoms with E-state index in [2.05, 4.69) is 20.6 Å². The van der Waals surface area contributed by atoms with E-state index in [4.69, 9.17) is 11.6 Å². The van der Waals surface area contributed by atoms with Crippen LogP contribution in [0.1, 0.15) is 29.8 Å². The molecule has 0 unspecified atom stereocenters. The number of nitrogens with zero attached hydrogens (tertiary/aromatic N) is 2. The van der Waals surface area contributed by atoms with Gasteiger partial charge in [-0.05, 0) is 38.5 Å². The lowest BCUT2D eigenvalue weighted by Gasteiger charge is -2.09. The Morgan fingerprint density at radius 3 is 2.48 bits per heavy atom. The third-order valence-corrected chi connectivity index (χ3v) is 3.17. The summed E-state index contributed by atoms with van der Waals surface area (Å²) in [6.07, 6.45) is 2.98. The Bertz CT molecular complexity index is 641. The number of hydrogen-bond donors (Lipinski definition) is 2. The van der Waals surface area contributed by atoms with Gasteiger partial charge < -0.3 is 10.6 Å². The van der Waals surface area contributed by atoms with Crippen molar-refractivity contribution in [3.8, 4) is 0 Å². The average Bonchev–Trinajstić information content (AvgIpc) is 2.43. The molecule has 0 saturated carbocycles. The molecule has 110 valence electrons. The van der Waals surface area contributed by atoms with Crippen LogP contribution in [0.15, 0.2) is 30.6 Å². The zero-order chi connectivity index (χ0) is 15.4. The third-order valence-electron chi connectivity index (χ3n) is 2.76. The molecule has 1 heterocycles. The van der Waals surface area contributed by atoms with Crippen LogP contribution in [0.4, 0.5) is 11.6 Å². The minimum Gasteiger partial charge on any atom is -0.350 e. The highest BCUT2D eigenvalue weighted by Gasteiger charge is 2.08. The van der Waals surface area contributed by atoms with Crippen molar-refractivity contribution in [2.45, 2.75) is 26.8 Å². The van der Waals surface area contributed by atoms with Crippen molar-refractivity contribution in [3.63, 3.8) is 0 Å². The van der Waals surface area contributed by atoms with Crippen molar-refractivity contribution in [2.75, 3.05) is 5.32 Å². The van der Waals surface area contributed by atoms with Gasteiger partial charge in [0.2, 0.25) is 5.95 Å². The van der Waals surface area contributed by atoms with Gasteiger partial charge in [0, 0.05) is 29.1 Å². The Labute approximate surface area is 128 Å². The zero-order valence-corrected chi connectivity index (χ0v) is 12.9. The number of rotatable bonds is 4. The standard InChI is InChI=1S/C15H17ClN4O/c1-9(2)19-14(21)11-7-17-15(18-8-11)20-12-5-4-10(3)13(16)6-12/h4-9H,1-3H3,(H,19,21)(H,17,18,20). The lowest BCUT2D eigenvalue weighted by Crippen LogP contribution is -2.30. The van der Waals surface area contributed by atoms with Gasteiger partial charge in [-0.15, -0.1) is 0 Å². The summed E-state index contributed by atoms with van der Waals surface area (Å²) in [5.41, 5.74) is 2.23. The van der Waals surface area contributed by atoms with Crippen molar-refractivity contribution >= 4 is 29.1 Å². The average molecular weight is 305 g/mol. The molecule has 0 fully saturated rings. The van der Waals surface area contributed by atoms with Crippen molar-refractivity contribution < 1.29 is 4.79 Å². The lowest BCUT2D eigenvalue weighted by molar-refractivity contribution is 0.0942. The van der Waals surface area contributed by atoms with Gasteiger partial charge in [-0.2, -0.15) is 0 Å². The summed E-state index contributed by atoms with van der Waals surface area (Å²) < 4.78 is 0. The van der Waals surface area contributed by atoms with Crippen LogP contribution in [-0.4, -0.2) is 21.9 Å². The number of amides is 1. The van der Waals surface area contributed by atoms with E-state index >= 15 is 0 Å². The van der Waals surface area contributed by atoms with Crippen LogP contribution >= 0.6 is 11.6 Å². The number of nitrogens with one attached hydrogen (secondary N) is 2. The number of carbonyl (C=O) groups is 1. The fourth-order valence-corrected chi connectivity index (χ4v) is 1.84. The molecule has 0 aliphatic heterocycles. The van der Waals surface area contributed by atoms with Gasteiger partial charge in [-0.1, -0.05) is 17.7 Å². The first kappa shape index (κ1) is 15.3. The first-order valence-corrected chi connectivity index (χ1v) is 6.99. The van der Waals surface area contributed by atoms with Crippen molar-refractivity contribution in [1.29, 1.82) is 0 Å². The van der Waals surface area contributed by atoms with E-state index in [1.165, 1.54) is 12.4 Å². The van der Waals surface area contributed by atoms with Crippen molar-refractivity contribution in [1.82, 2.24) is 15.3 Å². The third kappa shape index (κ3) is 4.16. The summed E-state index contributed by atoms with van der Waals surface area (Å²) in [5, 5.41) is 6.50. The van der Waals surface area contributed by atoms with E-state index in [0.717, 1.165) is 11.3 Å². The first-order chi connectivity index (χ1) is 9.95. The molecule has 0 atom stereocenters. The molecule has 2 aromatic rings. The molecule has 1 aromatic heterocycles. The number of halogens is 1. The molecule has 6 heteroatoms. The van der Waals surface area contributed by atoms with Gasteiger partial charge >= 0.3 is 0 Å². The van der Waals surface area contributed by atoms with Gasteiger partial charge in [-0.3, -0.25) is 4.79 Å². The SMILES string of the molecule is Cc1ccc(Nc2ncc(C(=O)NC(C)C)cn2)cc1Cl. The van der Waals surface area contributed by atoms with Crippen LogP contribution < -0.4 is 10.6 Å². The van der Waals surface area contributed by atoms with Crippen LogP contribution in [0.25, 0.3) is 0 Å². The Morgan fingerprint density at radius 1 is 1.24 bits per heavy atom. The second-order valence-electron chi connectivity index (χ2n) is 5.01. The maximum atomic E-state index is 11.8. The maximum absolute atomic E-state index is 11.8. The monoisotopic (exact) mass is 304 g/mol. The molecular weight excluding hydrogens is 288 g/mol. The minimum atomic E-state index is -0.185. The quantitative estimate of drug-likeness (QED) is 0.909. The van der Waals surface area contributed by atoms with E-state index in [1.807, 2.05) is 32.9 Å². The first-order valence-electron chi connectivity index (χ1n) is 6.62. The Kier molecular flexibility index (Phi) is 4.75. The smallest absolute Gasteiger partial charge is 0.254 e. The van der Waals surface area contributed by atoms with Gasteiger partial charge in [0.1, 0.15) is 0 Å². The Balaban J connectivity index is 2.08. The number of carbonyl (C=O) groups excluding carboxylic acids is 1. The maximum Gasteiger partial charge on any atom is 0.254 e. The summed E-state index contributed by atoms with van der Waals surface area (Å²) in [4.78, 5) is 20.0. The lowest BCUT2D eigenvalue weighted by atomic mass is 10.2. The summed E-state index contributed by atoms with van der Waals surface area (Å²) in [7, 11) is 0. The fraction of sp³-hybridized carbons (Fsp3) is 0.267. The van der Waals surface area contributed by atoms with E-state index in [-0.39, 0.29) is 11.9 Å².